The zero-order valence-electron chi connectivity index (χ0n) is 11.9. The molecule has 0 aliphatic carbocycles. The number of rotatable bonds is 6. The third kappa shape index (κ3) is 4.28. The van der Waals surface area contributed by atoms with Crippen molar-refractivity contribution in [3.05, 3.63) is 18.0 Å². The molecule has 1 saturated heterocycles. The highest BCUT2D eigenvalue weighted by Gasteiger charge is 2.34. The van der Waals surface area contributed by atoms with E-state index in [2.05, 4.69) is 15.3 Å². The summed E-state index contributed by atoms with van der Waals surface area (Å²) in [4.78, 5) is 9.49. The summed E-state index contributed by atoms with van der Waals surface area (Å²) < 4.78 is 43.1. The second kappa shape index (κ2) is 7.04. The average Bonchev–Trinajstić information content (AvgIpc) is 2.91. The fourth-order valence-electron chi connectivity index (χ4n) is 2.40. The van der Waals surface area contributed by atoms with Gasteiger partial charge < -0.3 is 15.0 Å². The van der Waals surface area contributed by atoms with Crippen molar-refractivity contribution < 1.29 is 17.9 Å². The van der Waals surface area contributed by atoms with Gasteiger partial charge in [-0.3, -0.25) is 0 Å². The molecule has 1 fully saturated rings. The molecule has 2 rings (SSSR count). The molecule has 118 valence electrons. The van der Waals surface area contributed by atoms with Crippen LogP contribution < -0.4 is 10.2 Å². The third-order valence-electron chi connectivity index (χ3n) is 3.43. The van der Waals surface area contributed by atoms with Crippen molar-refractivity contribution >= 4 is 5.95 Å². The Morgan fingerprint density at radius 2 is 2.29 bits per heavy atom. The van der Waals surface area contributed by atoms with Gasteiger partial charge in [0.2, 0.25) is 5.95 Å². The summed E-state index contributed by atoms with van der Waals surface area (Å²) >= 11 is 0. The van der Waals surface area contributed by atoms with Crippen molar-refractivity contribution in [3.8, 4) is 0 Å². The SMILES string of the molecule is COCCNCC1CCCN1c1nccc(C(F)(F)F)n1. The van der Waals surface area contributed by atoms with Crippen LogP contribution in [-0.2, 0) is 10.9 Å². The Morgan fingerprint density at radius 1 is 1.48 bits per heavy atom. The van der Waals surface area contributed by atoms with Gasteiger partial charge in [-0.1, -0.05) is 0 Å². The van der Waals surface area contributed by atoms with Crippen molar-refractivity contribution in [1.82, 2.24) is 15.3 Å². The topological polar surface area (TPSA) is 50.3 Å². The van der Waals surface area contributed by atoms with Crippen molar-refractivity contribution in [2.45, 2.75) is 25.1 Å². The Hall–Kier alpha value is -1.41. The van der Waals surface area contributed by atoms with Crippen molar-refractivity contribution in [3.63, 3.8) is 0 Å². The van der Waals surface area contributed by atoms with Crippen LogP contribution in [0.25, 0.3) is 0 Å². The monoisotopic (exact) mass is 304 g/mol. The fraction of sp³-hybridized carbons (Fsp3) is 0.692. The minimum atomic E-state index is -4.44. The number of nitrogens with zero attached hydrogens (tertiary/aromatic N) is 3. The first-order chi connectivity index (χ1) is 10.0. The summed E-state index contributed by atoms with van der Waals surface area (Å²) in [6, 6.07) is 1.01. The van der Waals surface area contributed by atoms with Crippen LogP contribution in [0.2, 0.25) is 0 Å². The van der Waals surface area contributed by atoms with E-state index < -0.39 is 11.9 Å². The predicted molar refractivity (Wildman–Crippen MR) is 72.1 cm³/mol. The summed E-state index contributed by atoms with van der Waals surface area (Å²) in [6.45, 7) is 2.68. The van der Waals surface area contributed by atoms with Gasteiger partial charge in [0.1, 0.15) is 5.69 Å². The molecule has 1 aliphatic rings. The molecule has 0 saturated carbocycles. The Kier molecular flexibility index (Phi) is 5.35. The van der Waals surface area contributed by atoms with Crippen LogP contribution in [0, 0.1) is 0 Å². The number of alkyl halides is 3. The highest BCUT2D eigenvalue weighted by atomic mass is 19.4. The molecule has 0 amide bonds. The van der Waals surface area contributed by atoms with Gasteiger partial charge in [0.25, 0.3) is 0 Å². The summed E-state index contributed by atoms with van der Waals surface area (Å²) in [6.07, 6.45) is -1.43. The van der Waals surface area contributed by atoms with Gasteiger partial charge in [-0.2, -0.15) is 13.2 Å². The summed E-state index contributed by atoms with van der Waals surface area (Å²) in [7, 11) is 1.63. The number of hydrogen-bond donors (Lipinski definition) is 1. The van der Waals surface area contributed by atoms with Crippen LogP contribution in [0.4, 0.5) is 19.1 Å². The van der Waals surface area contributed by atoms with Gasteiger partial charge in [0.15, 0.2) is 0 Å². The smallest absolute Gasteiger partial charge is 0.383 e. The summed E-state index contributed by atoms with van der Waals surface area (Å²) in [5.41, 5.74) is -0.898. The lowest BCUT2D eigenvalue weighted by Gasteiger charge is -2.25. The van der Waals surface area contributed by atoms with Gasteiger partial charge in [-0.15, -0.1) is 0 Å². The molecule has 1 aromatic rings. The van der Waals surface area contributed by atoms with Crippen LogP contribution in [0.5, 0.6) is 0 Å². The van der Waals surface area contributed by atoms with E-state index >= 15 is 0 Å². The molecule has 8 heteroatoms. The standard InChI is InChI=1S/C13H19F3N4O/c1-21-8-6-17-9-10-3-2-7-20(10)12-18-5-4-11(19-12)13(14,15)16/h4-5,10,17H,2-3,6-9H2,1H3. The second-order valence-electron chi connectivity index (χ2n) is 4.93. The van der Waals surface area contributed by atoms with Crippen molar-refractivity contribution in [2.75, 3.05) is 38.3 Å². The maximum absolute atomic E-state index is 12.7. The molecule has 0 spiro atoms. The molecule has 1 unspecified atom stereocenters. The van der Waals surface area contributed by atoms with Crippen LogP contribution in [0.3, 0.4) is 0 Å². The molecule has 1 N–H and O–H groups in total. The average molecular weight is 304 g/mol. The minimum absolute atomic E-state index is 0.116. The van der Waals surface area contributed by atoms with Gasteiger partial charge >= 0.3 is 6.18 Å². The number of halogens is 3. The van der Waals surface area contributed by atoms with Crippen LogP contribution in [0.15, 0.2) is 12.3 Å². The van der Waals surface area contributed by atoms with Crippen molar-refractivity contribution in [2.24, 2.45) is 0 Å². The zero-order valence-corrected chi connectivity index (χ0v) is 11.9. The molecule has 1 atom stereocenters. The molecular weight excluding hydrogens is 285 g/mol. The maximum Gasteiger partial charge on any atom is 0.433 e. The van der Waals surface area contributed by atoms with Gasteiger partial charge in [-0.25, -0.2) is 9.97 Å². The highest BCUT2D eigenvalue weighted by Crippen LogP contribution is 2.29. The maximum atomic E-state index is 12.7. The van der Waals surface area contributed by atoms with E-state index in [4.69, 9.17) is 4.74 Å². The quantitative estimate of drug-likeness (QED) is 0.811. The summed E-state index contributed by atoms with van der Waals surface area (Å²) in [5, 5.41) is 3.23. The van der Waals surface area contributed by atoms with E-state index in [0.29, 0.717) is 26.2 Å². The molecule has 2 heterocycles. The lowest BCUT2D eigenvalue weighted by molar-refractivity contribution is -0.141. The molecule has 0 radical (unpaired) electrons. The number of nitrogens with one attached hydrogen (secondary N) is 1. The molecular formula is C13H19F3N4O. The largest absolute Gasteiger partial charge is 0.433 e. The van der Waals surface area contributed by atoms with Gasteiger partial charge in [0, 0.05) is 39.0 Å². The molecule has 5 nitrogen and oxygen atoms in total. The molecule has 1 aliphatic heterocycles. The van der Waals surface area contributed by atoms with E-state index in [1.807, 2.05) is 4.90 Å². The van der Waals surface area contributed by atoms with E-state index in [1.54, 1.807) is 7.11 Å². The Labute approximate surface area is 121 Å². The number of anilines is 1. The number of methoxy groups -OCH3 is 1. The van der Waals surface area contributed by atoms with E-state index in [0.717, 1.165) is 18.9 Å². The fourth-order valence-corrected chi connectivity index (χ4v) is 2.40. The first-order valence-electron chi connectivity index (χ1n) is 6.89. The van der Waals surface area contributed by atoms with Gasteiger partial charge in [-0.05, 0) is 18.9 Å². The van der Waals surface area contributed by atoms with Crippen LogP contribution >= 0.6 is 0 Å². The lowest BCUT2D eigenvalue weighted by Crippen LogP contribution is -2.40. The Bertz CT molecular complexity index is 455. The Morgan fingerprint density at radius 3 is 3.00 bits per heavy atom. The third-order valence-corrected chi connectivity index (χ3v) is 3.43. The van der Waals surface area contributed by atoms with E-state index in [9.17, 15) is 13.2 Å². The van der Waals surface area contributed by atoms with Crippen LogP contribution in [-0.4, -0.2) is 49.4 Å². The molecule has 0 aromatic carbocycles. The molecule has 1 aromatic heterocycles. The van der Waals surface area contributed by atoms with Gasteiger partial charge in [0.05, 0.1) is 6.61 Å². The summed E-state index contributed by atoms with van der Waals surface area (Å²) in [5.74, 6) is 0.154. The molecule has 0 bridgehead atoms. The van der Waals surface area contributed by atoms with E-state index in [-0.39, 0.29) is 12.0 Å². The van der Waals surface area contributed by atoms with E-state index in [1.165, 1.54) is 6.20 Å². The van der Waals surface area contributed by atoms with Crippen LogP contribution in [0.1, 0.15) is 18.5 Å². The normalized spacial score (nSPS) is 19.2. The molecule has 21 heavy (non-hydrogen) atoms. The Balaban J connectivity index is 2.02. The number of ether oxygens (including phenoxy) is 1. The zero-order chi connectivity index (χ0) is 15.3. The van der Waals surface area contributed by atoms with Crippen molar-refractivity contribution in [1.29, 1.82) is 0 Å². The second-order valence-corrected chi connectivity index (χ2v) is 4.93. The number of aromatic nitrogens is 2. The minimum Gasteiger partial charge on any atom is -0.383 e. The predicted octanol–water partition coefficient (Wildman–Crippen LogP) is 1.70. The first-order valence-corrected chi connectivity index (χ1v) is 6.89. The highest BCUT2D eigenvalue weighted by molar-refractivity contribution is 5.34. The number of hydrogen-bond acceptors (Lipinski definition) is 5. The first kappa shape index (κ1) is 16.0. The lowest BCUT2D eigenvalue weighted by atomic mass is 10.2.